The maximum atomic E-state index is 12.7. The van der Waals surface area contributed by atoms with Gasteiger partial charge in [-0.15, -0.1) is 0 Å². The molecule has 0 amide bonds. The number of carboxylic acids is 1. The second-order valence-electron chi connectivity index (χ2n) is 4.89. The minimum Gasteiger partial charge on any atom is -0.481 e. The predicted octanol–water partition coefficient (Wildman–Crippen LogP) is 2.64. The standard InChI is InChI=1S/C13H12F3N3O2/c14-13(15,16)10-4-3-8(6-17)12(19-10)18-9(5-11(20)21)7-1-2-7/h3-4,7,9H,1-2,5H2,(H,18,19)(H,20,21). The predicted molar refractivity (Wildman–Crippen MR) is 66.3 cm³/mol. The summed E-state index contributed by atoms with van der Waals surface area (Å²) in [5, 5.41) is 20.5. The number of aliphatic carboxylic acids is 1. The van der Waals surface area contributed by atoms with Gasteiger partial charge < -0.3 is 10.4 Å². The van der Waals surface area contributed by atoms with Gasteiger partial charge in [0.2, 0.25) is 0 Å². The Kier molecular flexibility index (Phi) is 4.02. The quantitative estimate of drug-likeness (QED) is 0.873. The van der Waals surface area contributed by atoms with E-state index in [1.807, 2.05) is 0 Å². The zero-order chi connectivity index (χ0) is 15.6. The fraction of sp³-hybridized carbons (Fsp3) is 0.462. The first-order chi connectivity index (χ1) is 9.81. The van der Waals surface area contributed by atoms with Crippen molar-refractivity contribution in [2.75, 3.05) is 5.32 Å². The number of hydrogen-bond donors (Lipinski definition) is 2. The smallest absolute Gasteiger partial charge is 0.433 e. The zero-order valence-electron chi connectivity index (χ0n) is 10.8. The maximum absolute atomic E-state index is 12.7. The molecule has 1 aliphatic carbocycles. The molecule has 1 atom stereocenters. The van der Waals surface area contributed by atoms with Gasteiger partial charge in [-0.1, -0.05) is 0 Å². The van der Waals surface area contributed by atoms with Crippen molar-refractivity contribution in [2.45, 2.75) is 31.5 Å². The molecule has 2 N–H and O–H groups in total. The van der Waals surface area contributed by atoms with Crippen molar-refractivity contribution >= 4 is 11.8 Å². The molecule has 1 fully saturated rings. The van der Waals surface area contributed by atoms with Crippen LogP contribution >= 0.6 is 0 Å². The van der Waals surface area contributed by atoms with Crippen LogP contribution in [0.4, 0.5) is 19.0 Å². The molecule has 8 heteroatoms. The third-order valence-corrected chi connectivity index (χ3v) is 3.21. The summed E-state index contributed by atoms with van der Waals surface area (Å²) in [6.07, 6.45) is -3.22. The van der Waals surface area contributed by atoms with Gasteiger partial charge in [0, 0.05) is 6.04 Å². The Hall–Kier alpha value is -2.30. The first-order valence-electron chi connectivity index (χ1n) is 6.28. The van der Waals surface area contributed by atoms with Gasteiger partial charge in [-0.2, -0.15) is 18.4 Å². The molecule has 1 heterocycles. The zero-order valence-corrected chi connectivity index (χ0v) is 10.8. The number of nitrogens with one attached hydrogen (secondary N) is 1. The molecule has 1 aromatic heterocycles. The van der Waals surface area contributed by atoms with E-state index in [-0.39, 0.29) is 23.7 Å². The number of carbonyl (C=O) groups is 1. The molecule has 2 rings (SSSR count). The number of anilines is 1. The third-order valence-electron chi connectivity index (χ3n) is 3.21. The van der Waals surface area contributed by atoms with Crippen molar-refractivity contribution < 1.29 is 23.1 Å². The summed E-state index contributed by atoms with van der Waals surface area (Å²) >= 11 is 0. The van der Waals surface area contributed by atoms with Crippen LogP contribution in [-0.4, -0.2) is 22.1 Å². The van der Waals surface area contributed by atoms with E-state index < -0.39 is 23.9 Å². The number of carboxylic acid groups (broad SMARTS) is 1. The van der Waals surface area contributed by atoms with Gasteiger partial charge in [0.1, 0.15) is 17.6 Å². The largest absolute Gasteiger partial charge is 0.481 e. The van der Waals surface area contributed by atoms with Crippen LogP contribution in [0.1, 0.15) is 30.5 Å². The van der Waals surface area contributed by atoms with Gasteiger partial charge in [-0.05, 0) is 30.9 Å². The molecule has 1 unspecified atom stereocenters. The van der Waals surface area contributed by atoms with Gasteiger partial charge in [0.15, 0.2) is 0 Å². The van der Waals surface area contributed by atoms with Crippen LogP contribution in [0.3, 0.4) is 0 Å². The molecular weight excluding hydrogens is 287 g/mol. The van der Waals surface area contributed by atoms with Gasteiger partial charge in [0.05, 0.1) is 12.0 Å². The number of alkyl halides is 3. The average molecular weight is 299 g/mol. The van der Waals surface area contributed by atoms with Crippen molar-refractivity contribution in [3.63, 3.8) is 0 Å². The summed E-state index contributed by atoms with van der Waals surface area (Å²) < 4.78 is 38.0. The van der Waals surface area contributed by atoms with E-state index in [4.69, 9.17) is 10.4 Å². The van der Waals surface area contributed by atoms with Crippen molar-refractivity contribution in [1.82, 2.24) is 4.98 Å². The monoisotopic (exact) mass is 299 g/mol. The van der Waals surface area contributed by atoms with Crippen LogP contribution in [0, 0.1) is 17.2 Å². The van der Waals surface area contributed by atoms with Gasteiger partial charge in [-0.3, -0.25) is 4.79 Å². The van der Waals surface area contributed by atoms with Crippen molar-refractivity contribution in [3.8, 4) is 6.07 Å². The van der Waals surface area contributed by atoms with E-state index in [0.717, 1.165) is 25.0 Å². The Balaban J connectivity index is 2.28. The highest BCUT2D eigenvalue weighted by Crippen LogP contribution is 2.36. The molecule has 0 spiro atoms. The molecule has 0 aliphatic heterocycles. The Bertz CT molecular complexity index is 591. The molecule has 21 heavy (non-hydrogen) atoms. The molecule has 112 valence electrons. The minimum absolute atomic E-state index is 0.0426. The highest BCUT2D eigenvalue weighted by Gasteiger charge is 2.35. The number of pyridine rings is 1. The summed E-state index contributed by atoms with van der Waals surface area (Å²) in [6, 6.07) is 2.99. The fourth-order valence-corrected chi connectivity index (χ4v) is 2.02. The SMILES string of the molecule is N#Cc1ccc(C(F)(F)F)nc1NC(CC(=O)O)C1CC1. The lowest BCUT2D eigenvalue weighted by atomic mass is 10.1. The van der Waals surface area contributed by atoms with E-state index in [9.17, 15) is 18.0 Å². The van der Waals surface area contributed by atoms with Crippen molar-refractivity contribution in [1.29, 1.82) is 5.26 Å². The topological polar surface area (TPSA) is 86.0 Å². The number of nitrogens with zero attached hydrogens (tertiary/aromatic N) is 2. The highest BCUT2D eigenvalue weighted by molar-refractivity contribution is 5.68. The number of halogens is 3. The molecule has 1 aromatic rings. The van der Waals surface area contributed by atoms with Crippen LogP contribution in [0.2, 0.25) is 0 Å². The molecule has 0 radical (unpaired) electrons. The van der Waals surface area contributed by atoms with E-state index in [1.54, 1.807) is 6.07 Å². The molecule has 0 bridgehead atoms. The Morgan fingerprint density at radius 3 is 2.67 bits per heavy atom. The number of hydrogen-bond acceptors (Lipinski definition) is 4. The highest BCUT2D eigenvalue weighted by atomic mass is 19.4. The second kappa shape index (κ2) is 5.60. The lowest BCUT2D eigenvalue weighted by Crippen LogP contribution is -2.27. The Morgan fingerprint density at radius 2 is 2.19 bits per heavy atom. The first kappa shape index (κ1) is 15.1. The molecule has 0 saturated heterocycles. The summed E-state index contributed by atoms with van der Waals surface area (Å²) in [6.45, 7) is 0. The molecule has 5 nitrogen and oxygen atoms in total. The van der Waals surface area contributed by atoms with Crippen LogP contribution in [0.5, 0.6) is 0 Å². The van der Waals surface area contributed by atoms with E-state index >= 15 is 0 Å². The third kappa shape index (κ3) is 3.84. The number of rotatable bonds is 5. The molecule has 1 aliphatic rings. The summed E-state index contributed by atoms with van der Waals surface area (Å²) in [5.74, 6) is -1.18. The molecule has 0 aromatic carbocycles. The van der Waals surface area contributed by atoms with Crippen LogP contribution in [-0.2, 0) is 11.0 Å². The van der Waals surface area contributed by atoms with E-state index in [0.29, 0.717) is 0 Å². The maximum Gasteiger partial charge on any atom is 0.433 e. The van der Waals surface area contributed by atoms with Gasteiger partial charge in [0.25, 0.3) is 0 Å². The van der Waals surface area contributed by atoms with Crippen LogP contribution in [0.25, 0.3) is 0 Å². The lowest BCUT2D eigenvalue weighted by Gasteiger charge is -2.18. The van der Waals surface area contributed by atoms with Crippen LogP contribution in [0.15, 0.2) is 12.1 Å². The van der Waals surface area contributed by atoms with Crippen molar-refractivity contribution in [3.05, 3.63) is 23.4 Å². The molecule has 1 saturated carbocycles. The van der Waals surface area contributed by atoms with Gasteiger partial charge in [-0.25, -0.2) is 4.98 Å². The van der Waals surface area contributed by atoms with Crippen LogP contribution < -0.4 is 5.32 Å². The minimum atomic E-state index is -4.62. The number of aromatic nitrogens is 1. The lowest BCUT2D eigenvalue weighted by molar-refractivity contribution is -0.141. The summed E-state index contributed by atoms with van der Waals surface area (Å²) in [4.78, 5) is 14.2. The average Bonchev–Trinajstić information content (AvgIpc) is 3.20. The van der Waals surface area contributed by atoms with Gasteiger partial charge >= 0.3 is 12.1 Å². The molecular formula is C13H12F3N3O2. The summed E-state index contributed by atoms with van der Waals surface area (Å²) in [7, 11) is 0. The van der Waals surface area contributed by atoms with E-state index in [2.05, 4.69) is 10.3 Å². The first-order valence-corrected chi connectivity index (χ1v) is 6.28. The van der Waals surface area contributed by atoms with Crippen molar-refractivity contribution in [2.24, 2.45) is 5.92 Å². The second-order valence-corrected chi connectivity index (χ2v) is 4.89. The Labute approximate surface area is 118 Å². The summed E-state index contributed by atoms with van der Waals surface area (Å²) in [5.41, 5.74) is -1.16. The normalized spacial score (nSPS) is 16.1. The van der Waals surface area contributed by atoms with E-state index in [1.165, 1.54) is 0 Å². The number of nitriles is 1. The Morgan fingerprint density at radius 1 is 1.52 bits per heavy atom. The fourth-order valence-electron chi connectivity index (χ4n) is 2.02.